The van der Waals surface area contributed by atoms with Gasteiger partial charge in [0.05, 0.1) is 17.4 Å². The molecule has 3 amide bonds. The van der Waals surface area contributed by atoms with Crippen molar-refractivity contribution in [2.75, 3.05) is 24.5 Å². The van der Waals surface area contributed by atoms with Crippen LogP contribution in [0.2, 0.25) is 5.02 Å². The van der Waals surface area contributed by atoms with Crippen LogP contribution in [0.1, 0.15) is 25.7 Å². The van der Waals surface area contributed by atoms with Gasteiger partial charge in [-0.1, -0.05) is 11.6 Å². The molecule has 0 radical (unpaired) electrons. The number of hydrogen-bond acceptors (Lipinski definition) is 5. The van der Waals surface area contributed by atoms with Crippen LogP contribution < -0.4 is 15.0 Å². The Kier molecular flexibility index (Phi) is 6.69. The van der Waals surface area contributed by atoms with E-state index in [2.05, 4.69) is 15.3 Å². The second-order valence-electron chi connectivity index (χ2n) is 7.80. The molecule has 0 atom stereocenters. The first-order chi connectivity index (χ1) is 15.4. The summed E-state index contributed by atoms with van der Waals surface area (Å²) in [5.74, 6) is -2.25. The van der Waals surface area contributed by atoms with Crippen LogP contribution >= 0.6 is 11.6 Å². The lowest BCUT2D eigenvalue weighted by Crippen LogP contribution is -2.45. The van der Waals surface area contributed by atoms with Gasteiger partial charge in [0, 0.05) is 30.9 Å². The van der Waals surface area contributed by atoms with Gasteiger partial charge in [0.25, 0.3) is 0 Å². The molecular formula is C21H22ClF2N5O3. The molecule has 2 aromatic rings. The minimum atomic E-state index is -1.02. The van der Waals surface area contributed by atoms with Crippen molar-refractivity contribution in [3.63, 3.8) is 0 Å². The van der Waals surface area contributed by atoms with Gasteiger partial charge >= 0.3 is 12.0 Å². The molecule has 0 unspecified atom stereocenters. The molecule has 0 bridgehead atoms. The zero-order chi connectivity index (χ0) is 22.7. The van der Waals surface area contributed by atoms with E-state index in [0.717, 1.165) is 37.8 Å². The summed E-state index contributed by atoms with van der Waals surface area (Å²) in [4.78, 5) is 35.8. The lowest BCUT2D eigenvalue weighted by molar-refractivity contribution is -0.122. The van der Waals surface area contributed by atoms with E-state index in [9.17, 15) is 18.4 Å². The van der Waals surface area contributed by atoms with Gasteiger partial charge in [-0.25, -0.2) is 23.5 Å². The van der Waals surface area contributed by atoms with E-state index in [1.807, 2.05) is 0 Å². The number of urea groups is 1. The summed E-state index contributed by atoms with van der Waals surface area (Å²) in [5, 5.41) is 3.40. The summed E-state index contributed by atoms with van der Waals surface area (Å²) in [6.07, 6.45) is 5.87. The maximum Gasteiger partial charge on any atom is 0.325 e. The summed E-state index contributed by atoms with van der Waals surface area (Å²) in [7, 11) is 0. The topological polar surface area (TPSA) is 87.7 Å². The number of ether oxygens (including phenoxy) is 1. The number of hydrogen-bond donors (Lipinski definition) is 1. The van der Waals surface area contributed by atoms with Crippen molar-refractivity contribution >= 4 is 29.2 Å². The molecule has 170 valence electrons. The first kappa shape index (κ1) is 22.2. The average molecular weight is 466 g/mol. The van der Waals surface area contributed by atoms with Gasteiger partial charge < -0.3 is 15.0 Å². The predicted octanol–water partition coefficient (Wildman–Crippen LogP) is 3.16. The third kappa shape index (κ3) is 5.24. The largest absolute Gasteiger partial charge is 0.460 e. The number of aromatic nitrogens is 2. The highest BCUT2D eigenvalue weighted by molar-refractivity contribution is 6.30. The number of rotatable bonds is 6. The number of amides is 3. The maximum atomic E-state index is 13.5. The summed E-state index contributed by atoms with van der Waals surface area (Å²) in [6.45, 7) is 0.535. The smallest absolute Gasteiger partial charge is 0.325 e. The molecule has 2 aliphatic rings. The Balaban J connectivity index is 1.22. The summed E-state index contributed by atoms with van der Waals surface area (Å²) >= 11 is 5.77. The minimum absolute atomic E-state index is 0.00603. The van der Waals surface area contributed by atoms with E-state index in [4.69, 9.17) is 16.3 Å². The van der Waals surface area contributed by atoms with Crippen molar-refractivity contribution in [1.82, 2.24) is 20.2 Å². The van der Waals surface area contributed by atoms with Gasteiger partial charge in [-0.05, 0) is 37.8 Å². The van der Waals surface area contributed by atoms with Gasteiger partial charge in [-0.3, -0.25) is 9.69 Å². The first-order valence-corrected chi connectivity index (χ1v) is 10.7. The molecule has 11 heteroatoms. The zero-order valence-corrected chi connectivity index (χ0v) is 17.9. The molecule has 1 aromatic heterocycles. The van der Waals surface area contributed by atoms with Crippen LogP contribution in [0, 0.1) is 11.6 Å². The Labute approximate surface area is 188 Å². The summed E-state index contributed by atoms with van der Waals surface area (Å²) in [5.41, 5.74) is 0.264. The Hall–Kier alpha value is -3.01. The van der Waals surface area contributed by atoms with E-state index in [0.29, 0.717) is 18.1 Å². The molecule has 1 saturated carbocycles. The quantitative estimate of drug-likeness (QED) is 0.708. The maximum absolute atomic E-state index is 13.5. The standard InChI is InChI=1S/C21H22ClF2N5O3/c22-13-10-25-20(26-11-13)32-16-4-1-14(2-5-16)27-19(30)12-28-7-8-29(21(28)31)15-3-6-17(23)18(24)9-15/h3,6,9-11,14,16H,1-2,4-5,7-8,12H2,(H,27,30). The Morgan fingerprint density at radius 1 is 1.12 bits per heavy atom. The van der Waals surface area contributed by atoms with Gasteiger partial charge in [-0.15, -0.1) is 0 Å². The zero-order valence-electron chi connectivity index (χ0n) is 17.1. The predicted molar refractivity (Wildman–Crippen MR) is 113 cm³/mol. The third-order valence-corrected chi connectivity index (χ3v) is 5.75. The molecule has 1 saturated heterocycles. The Bertz CT molecular complexity index is 986. The normalized spacial score (nSPS) is 21.0. The molecule has 1 aliphatic carbocycles. The van der Waals surface area contributed by atoms with E-state index < -0.39 is 17.7 Å². The molecule has 1 aromatic carbocycles. The van der Waals surface area contributed by atoms with Crippen LogP contribution in [-0.4, -0.2) is 58.6 Å². The van der Waals surface area contributed by atoms with Crippen LogP contribution in [0.4, 0.5) is 19.3 Å². The molecule has 32 heavy (non-hydrogen) atoms. The van der Waals surface area contributed by atoms with Crippen LogP contribution in [0.15, 0.2) is 30.6 Å². The highest BCUT2D eigenvalue weighted by Crippen LogP contribution is 2.24. The third-order valence-electron chi connectivity index (χ3n) is 5.55. The van der Waals surface area contributed by atoms with Crippen LogP contribution in [-0.2, 0) is 4.79 Å². The summed E-state index contributed by atoms with van der Waals surface area (Å²) in [6, 6.07) is 3.16. The molecule has 2 fully saturated rings. The molecule has 2 heterocycles. The number of anilines is 1. The highest BCUT2D eigenvalue weighted by Gasteiger charge is 2.32. The Morgan fingerprint density at radius 2 is 1.84 bits per heavy atom. The second kappa shape index (κ2) is 9.64. The molecular weight excluding hydrogens is 444 g/mol. The lowest BCUT2D eigenvalue weighted by atomic mass is 9.93. The molecule has 8 nitrogen and oxygen atoms in total. The fourth-order valence-electron chi connectivity index (χ4n) is 3.90. The van der Waals surface area contributed by atoms with Crippen molar-refractivity contribution in [3.05, 3.63) is 47.2 Å². The van der Waals surface area contributed by atoms with Crippen molar-refractivity contribution in [2.24, 2.45) is 0 Å². The lowest BCUT2D eigenvalue weighted by Gasteiger charge is -2.29. The van der Waals surface area contributed by atoms with E-state index >= 15 is 0 Å². The number of halogens is 3. The monoisotopic (exact) mass is 465 g/mol. The molecule has 1 aliphatic heterocycles. The van der Waals surface area contributed by atoms with E-state index in [-0.39, 0.29) is 36.3 Å². The van der Waals surface area contributed by atoms with Gasteiger partial charge in [-0.2, -0.15) is 0 Å². The fourth-order valence-corrected chi connectivity index (χ4v) is 4.00. The number of nitrogens with zero attached hydrogens (tertiary/aromatic N) is 4. The SMILES string of the molecule is O=C(CN1CCN(c2ccc(F)c(F)c2)C1=O)NC1CCC(Oc2ncc(Cl)cn2)CC1. The minimum Gasteiger partial charge on any atom is -0.460 e. The van der Waals surface area contributed by atoms with Crippen LogP contribution in [0.3, 0.4) is 0 Å². The molecule has 4 rings (SSSR count). The molecule has 0 spiro atoms. The molecule has 1 N–H and O–H groups in total. The average Bonchev–Trinajstić information content (AvgIpc) is 3.13. The van der Waals surface area contributed by atoms with Crippen molar-refractivity contribution in [2.45, 2.75) is 37.8 Å². The van der Waals surface area contributed by atoms with Crippen molar-refractivity contribution in [3.8, 4) is 6.01 Å². The van der Waals surface area contributed by atoms with Gasteiger partial charge in [0.15, 0.2) is 11.6 Å². The number of carbonyl (C=O) groups is 2. The Morgan fingerprint density at radius 3 is 2.53 bits per heavy atom. The van der Waals surface area contributed by atoms with Crippen molar-refractivity contribution in [1.29, 1.82) is 0 Å². The summed E-state index contributed by atoms with van der Waals surface area (Å²) < 4.78 is 32.4. The number of carbonyl (C=O) groups excluding carboxylic acids is 2. The van der Waals surface area contributed by atoms with E-state index in [1.165, 1.54) is 28.3 Å². The fraction of sp³-hybridized carbons (Fsp3) is 0.429. The first-order valence-electron chi connectivity index (χ1n) is 10.3. The highest BCUT2D eigenvalue weighted by atomic mass is 35.5. The van der Waals surface area contributed by atoms with Gasteiger partial charge in [0.1, 0.15) is 12.6 Å². The second-order valence-corrected chi connectivity index (χ2v) is 8.23. The van der Waals surface area contributed by atoms with E-state index in [1.54, 1.807) is 0 Å². The number of benzene rings is 1. The van der Waals surface area contributed by atoms with Crippen molar-refractivity contribution < 1.29 is 23.1 Å². The van der Waals surface area contributed by atoms with Gasteiger partial charge in [0.2, 0.25) is 5.91 Å². The van der Waals surface area contributed by atoms with Crippen LogP contribution in [0.25, 0.3) is 0 Å². The number of nitrogens with one attached hydrogen (secondary N) is 1. The van der Waals surface area contributed by atoms with Crippen LogP contribution in [0.5, 0.6) is 6.01 Å².